The van der Waals surface area contributed by atoms with Gasteiger partial charge in [0.25, 0.3) is 5.96 Å². The summed E-state index contributed by atoms with van der Waals surface area (Å²) in [5.74, 6) is 0.259. The third-order valence-electron chi connectivity index (χ3n) is 2.92. The number of hydrogen-bond donors (Lipinski definition) is 1. The molecule has 0 aromatic carbocycles. The van der Waals surface area contributed by atoms with Gasteiger partial charge in [-0.2, -0.15) is 0 Å². The number of aromatic nitrogens is 1. The first-order valence-electron chi connectivity index (χ1n) is 6.13. The Labute approximate surface area is 121 Å². The van der Waals surface area contributed by atoms with Crippen LogP contribution in [0.15, 0.2) is 23.4 Å². The lowest BCUT2D eigenvalue weighted by Crippen LogP contribution is -2.56. The fraction of sp³-hybridized carbons (Fsp3) is 0.455. The molecule has 1 fully saturated rings. The lowest BCUT2D eigenvalue weighted by atomic mass is 10.2. The summed E-state index contributed by atoms with van der Waals surface area (Å²) in [6.45, 7) is 4.45. The van der Waals surface area contributed by atoms with Gasteiger partial charge in [-0.1, -0.05) is 24.6 Å². The number of nitrogens with one attached hydrogen (secondary N) is 1. The second-order valence-corrected chi connectivity index (χ2v) is 4.70. The first-order chi connectivity index (χ1) is 9.58. The normalized spacial score (nSPS) is 18.1. The smallest absolute Gasteiger partial charge is 0.273 e. The summed E-state index contributed by atoms with van der Waals surface area (Å²) in [6, 6.07) is 3.53. The van der Waals surface area contributed by atoms with Crippen LogP contribution in [0.1, 0.15) is 12.5 Å². The van der Waals surface area contributed by atoms with Crippen LogP contribution >= 0.6 is 11.6 Å². The zero-order valence-corrected chi connectivity index (χ0v) is 11.7. The van der Waals surface area contributed by atoms with Crippen LogP contribution in [0.4, 0.5) is 0 Å². The van der Waals surface area contributed by atoms with E-state index in [4.69, 9.17) is 11.6 Å². The van der Waals surface area contributed by atoms with Crippen molar-refractivity contribution in [2.75, 3.05) is 19.9 Å². The average molecular weight is 299 g/mol. The van der Waals surface area contributed by atoms with Crippen molar-refractivity contribution in [2.45, 2.75) is 13.5 Å². The molecule has 2 heterocycles. The molecule has 108 valence electrons. The Balaban J connectivity index is 2.14. The molecule has 2 rings (SSSR count). The van der Waals surface area contributed by atoms with Gasteiger partial charge >= 0.3 is 0 Å². The van der Waals surface area contributed by atoms with Gasteiger partial charge < -0.3 is 10.2 Å². The van der Waals surface area contributed by atoms with E-state index in [9.17, 15) is 10.1 Å². The van der Waals surface area contributed by atoms with Gasteiger partial charge in [-0.3, -0.25) is 4.90 Å². The van der Waals surface area contributed by atoms with Gasteiger partial charge in [0.1, 0.15) is 10.3 Å². The maximum absolute atomic E-state index is 10.6. The predicted molar refractivity (Wildman–Crippen MR) is 74.5 cm³/mol. The van der Waals surface area contributed by atoms with Crippen molar-refractivity contribution < 1.29 is 5.03 Å². The number of nitrogens with zero attached hydrogens (tertiary/aromatic N) is 5. The van der Waals surface area contributed by atoms with Crippen molar-refractivity contribution in [1.29, 1.82) is 0 Å². The summed E-state index contributed by atoms with van der Waals surface area (Å²) in [5, 5.41) is 16.6. The van der Waals surface area contributed by atoms with Crippen LogP contribution in [0.25, 0.3) is 0 Å². The Morgan fingerprint density at radius 1 is 1.60 bits per heavy atom. The van der Waals surface area contributed by atoms with Crippen molar-refractivity contribution in [1.82, 2.24) is 20.1 Å². The van der Waals surface area contributed by atoms with E-state index in [2.05, 4.69) is 20.3 Å². The van der Waals surface area contributed by atoms with Gasteiger partial charge in [-0.05, 0) is 18.2 Å². The van der Waals surface area contributed by atoms with E-state index in [1.54, 1.807) is 17.2 Å². The number of pyridine rings is 1. The van der Waals surface area contributed by atoms with Gasteiger partial charge in [0, 0.05) is 12.7 Å². The van der Waals surface area contributed by atoms with Crippen molar-refractivity contribution in [3.05, 3.63) is 39.2 Å². The molecule has 8 nitrogen and oxygen atoms in total. The number of nitro groups is 1. The van der Waals surface area contributed by atoms with E-state index in [1.807, 2.05) is 13.0 Å². The van der Waals surface area contributed by atoms with E-state index in [-0.39, 0.29) is 5.96 Å². The first kappa shape index (κ1) is 14.5. The quantitative estimate of drug-likeness (QED) is 0.505. The summed E-state index contributed by atoms with van der Waals surface area (Å²) in [6.07, 6.45) is 1.65. The predicted octanol–water partition coefficient (Wildman–Crippen LogP) is 0.925. The van der Waals surface area contributed by atoms with E-state index in [0.717, 1.165) is 12.1 Å². The van der Waals surface area contributed by atoms with E-state index < -0.39 is 5.03 Å². The molecule has 1 aliphatic rings. The highest BCUT2D eigenvalue weighted by molar-refractivity contribution is 6.29. The lowest BCUT2D eigenvalue weighted by molar-refractivity contribution is -0.486. The molecular formula is C11H15ClN6O2. The molecule has 0 amide bonds. The zero-order valence-electron chi connectivity index (χ0n) is 11.0. The third-order valence-corrected chi connectivity index (χ3v) is 3.14. The fourth-order valence-electron chi connectivity index (χ4n) is 1.89. The maximum atomic E-state index is 10.6. The minimum Gasteiger partial charge on any atom is -0.338 e. The Kier molecular flexibility index (Phi) is 4.70. The van der Waals surface area contributed by atoms with Gasteiger partial charge in [0.05, 0.1) is 13.3 Å². The van der Waals surface area contributed by atoms with Crippen molar-refractivity contribution in [3.8, 4) is 0 Å². The van der Waals surface area contributed by atoms with Gasteiger partial charge in [-0.25, -0.2) is 15.1 Å². The van der Waals surface area contributed by atoms with Crippen LogP contribution in [-0.4, -0.2) is 45.7 Å². The minimum atomic E-state index is -0.697. The molecule has 0 spiro atoms. The molecule has 0 aliphatic carbocycles. The number of hydrazone groups is 1. The number of rotatable bonds is 4. The Morgan fingerprint density at radius 3 is 3.00 bits per heavy atom. The number of halogens is 1. The summed E-state index contributed by atoms with van der Waals surface area (Å²) < 4.78 is 0. The van der Waals surface area contributed by atoms with E-state index >= 15 is 0 Å². The van der Waals surface area contributed by atoms with Crippen LogP contribution in [0, 0.1) is 10.1 Å². The van der Waals surface area contributed by atoms with Crippen molar-refractivity contribution >= 4 is 17.6 Å². The molecule has 0 atom stereocenters. The van der Waals surface area contributed by atoms with Crippen LogP contribution < -0.4 is 5.32 Å². The molecule has 1 aromatic heterocycles. The molecule has 1 aliphatic heterocycles. The van der Waals surface area contributed by atoms with Gasteiger partial charge in [0.2, 0.25) is 0 Å². The second-order valence-electron chi connectivity index (χ2n) is 4.31. The molecule has 9 heteroatoms. The molecule has 1 saturated heterocycles. The molecule has 0 radical (unpaired) electrons. The largest absolute Gasteiger partial charge is 0.338 e. The van der Waals surface area contributed by atoms with E-state index in [1.165, 1.54) is 0 Å². The Hall–Kier alpha value is -1.93. The van der Waals surface area contributed by atoms with Crippen molar-refractivity contribution in [3.63, 3.8) is 0 Å². The summed E-state index contributed by atoms with van der Waals surface area (Å²) >= 11 is 5.74. The third kappa shape index (κ3) is 3.78. The minimum absolute atomic E-state index is 0.259. The zero-order chi connectivity index (χ0) is 14.5. The molecule has 1 aromatic rings. The van der Waals surface area contributed by atoms with Crippen molar-refractivity contribution in [2.24, 2.45) is 5.10 Å². The summed E-state index contributed by atoms with van der Waals surface area (Å²) in [4.78, 5) is 18.5. The second kappa shape index (κ2) is 6.49. The highest BCUT2D eigenvalue weighted by Gasteiger charge is 2.23. The maximum Gasteiger partial charge on any atom is 0.273 e. The molecule has 0 bridgehead atoms. The monoisotopic (exact) mass is 298 g/mol. The standard InChI is InChI=1S/C11H15ClN6O2/c1-2-16-7-14-11(15-18(19)20)17(8-16)6-9-3-4-10(12)13-5-9/h3-5H,2,6-8H2,1H3,(H,14,15). The van der Waals surface area contributed by atoms with Gasteiger partial charge in [-0.15, -0.1) is 0 Å². The average Bonchev–Trinajstić information content (AvgIpc) is 2.42. The fourth-order valence-corrected chi connectivity index (χ4v) is 2.00. The van der Waals surface area contributed by atoms with Crippen LogP contribution in [0.2, 0.25) is 5.15 Å². The summed E-state index contributed by atoms with van der Waals surface area (Å²) in [5.41, 5.74) is 0.908. The van der Waals surface area contributed by atoms with Crippen LogP contribution in [-0.2, 0) is 6.54 Å². The molecule has 20 heavy (non-hydrogen) atoms. The molecule has 0 saturated carbocycles. The first-order valence-corrected chi connectivity index (χ1v) is 6.51. The summed E-state index contributed by atoms with van der Waals surface area (Å²) in [7, 11) is 0. The Bertz CT molecular complexity index is 506. The topological polar surface area (TPSA) is 86.9 Å². The number of guanidine groups is 1. The van der Waals surface area contributed by atoms with Crippen LogP contribution in [0.5, 0.6) is 0 Å². The van der Waals surface area contributed by atoms with Crippen LogP contribution in [0.3, 0.4) is 0 Å². The molecule has 1 N–H and O–H groups in total. The molecular weight excluding hydrogens is 284 g/mol. The molecule has 0 unspecified atom stereocenters. The highest BCUT2D eigenvalue weighted by Crippen LogP contribution is 2.10. The number of hydrogen-bond acceptors (Lipinski definition) is 4. The highest BCUT2D eigenvalue weighted by atomic mass is 35.5. The Morgan fingerprint density at radius 2 is 2.40 bits per heavy atom. The SMILES string of the molecule is CCN1CN/C(=N/[N+](=O)[O-])N(Cc2ccc(Cl)nc2)C1. The van der Waals surface area contributed by atoms with E-state index in [0.29, 0.717) is 25.0 Å². The lowest BCUT2D eigenvalue weighted by Gasteiger charge is -2.36. The van der Waals surface area contributed by atoms with Gasteiger partial charge in [0.15, 0.2) is 5.03 Å².